The molecule has 1 atom stereocenters. The number of hydrogen-bond acceptors (Lipinski definition) is 2. The second kappa shape index (κ2) is 8.08. The lowest BCUT2D eigenvalue weighted by Gasteiger charge is -2.25. The van der Waals surface area contributed by atoms with Crippen LogP contribution < -0.4 is 5.43 Å². The number of carbonyl (C=O) groups is 1. The van der Waals surface area contributed by atoms with E-state index in [9.17, 15) is 9.59 Å². The van der Waals surface area contributed by atoms with Gasteiger partial charge in [-0.2, -0.15) is 0 Å². The number of aryl methyl sites for hydroxylation is 1. The van der Waals surface area contributed by atoms with Crippen molar-refractivity contribution in [2.75, 3.05) is 6.54 Å². The average Bonchev–Trinajstić information content (AvgIpc) is 3.20. The smallest absolute Gasteiger partial charge is 0.254 e. The molecule has 0 unspecified atom stereocenters. The van der Waals surface area contributed by atoms with Crippen molar-refractivity contribution in [3.8, 4) is 11.1 Å². The van der Waals surface area contributed by atoms with Crippen LogP contribution in [0, 0.1) is 6.92 Å². The maximum atomic E-state index is 13.2. The highest BCUT2D eigenvalue weighted by molar-refractivity contribution is 5.98. The highest BCUT2D eigenvalue weighted by Crippen LogP contribution is 2.28. The number of benzene rings is 2. The van der Waals surface area contributed by atoms with Crippen LogP contribution in [0.15, 0.2) is 65.5 Å². The second-order valence-corrected chi connectivity index (χ2v) is 7.72. The van der Waals surface area contributed by atoms with Gasteiger partial charge in [0.25, 0.3) is 5.91 Å². The van der Waals surface area contributed by atoms with Gasteiger partial charge in [0.2, 0.25) is 0 Å². The van der Waals surface area contributed by atoms with Gasteiger partial charge in [0.1, 0.15) is 0 Å². The summed E-state index contributed by atoms with van der Waals surface area (Å²) in [5.41, 5.74) is 4.18. The molecule has 3 aromatic rings. The van der Waals surface area contributed by atoms with E-state index < -0.39 is 0 Å². The number of nitrogens with one attached hydrogen (secondary N) is 1. The molecular formula is C25H26N2O2. The molecular weight excluding hydrogens is 360 g/mol. The molecule has 1 amide bonds. The first kappa shape index (κ1) is 19.2. The van der Waals surface area contributed by atoms with Gasteiger partial charge in [-0.3, -0.25) is 9.59 Å². The first-order valence-electron chi connectivity index (χ1n) is 10.3. The van der Waals surface area contributed by atoms with Gasteiger partial charge in [-0.15, -0.1) is 0 Å². The van der Waals surface area contributed by atoms with E-state index in [0.29, 0.717) is 17.5 Å². The van der Waals surface area contributed by atoms with Gasteiger partial charge in [-0.05, 0) is 37.1 Å². The van der Waals surface area contributed by atoms with E-state index in [2.05, 4.69) is 24.1 Å². The number of unbranched alkanes of at least 4 members (excludes halogenated alkanes) is 1. The number of pyridine rings is 1. The number of hydrogen-bond donors (Lipinski definition) is 1. The molecule has 0 spiro atoms. The summed E-state index contributed by atoms with van der Waals surface area (Å²) >= 11 is 0. The molecule has 1 aromatic heterocycles. The second-order valence-electron chi connectivity index (χ2n) is 7.72. The molecule has 29 heavy (non-hydrogen) atoms. The Labute approximate surface area is 170 Å². The molecule has 1 aliphatic heterocycles. The maximum Gasteiger partial charge on any atom is 0.254 e. The SMILES string of the molecule is CCCC[C@H]1C=CCN1C(=O)c1cccc(-c2cccc3c(=O)cc(C)[nH]c23)c1. The van der Waals surface area contributed by atoms with Crippen LogP contribution in [-0.2, 0) is 0 Å². The summed E-state index contributed by atoms with van der Waals surface area (Å²) in [6.07, 6.45) is 7.47. The fourth-order valence-corrected chi connectivity index (χ4v) is 4.10. The number of rotatable bonds is 5. The van der Waals surface area contributed by atoms with Crippen LogP contribution in [0.25, 0.3) is 22.0 Å². The Hall–Kier alpha value is -3.14. The lowest BCUT2D eigenvalue weighted by molar-refractivity contribution is 0.0743. The molecule has 2 aromatic carbocycles. The fourth-order valence-electron chi connectivity index (χ4n) is 4.10. The highest BCUT2D eigenvalue weighted by atomic mass is 16.2. The Morgan fingerprint density at radius 3 is 2.83 bits per heavy atom. The topological polar surface area (TPSA) is 53.2 Å². The molecule has 4 rings (SSSR count). The Morgan fingerprint density at radius 2 is 2.00 bits per heavy atom. The molecule has 1 aliphatic rings. The van der Waals surface area contributed by atoms with E-state index in [4.69, 9.17) is 0 Å². The number of aromatic nitrogens is 1. The summed E-state index contributed by atoms with van der Waals surface area (Å²) in [6, 6.07) is 15.2. The van der Waals surface area contributed by atoms with Gasteiger partial charge in [-0.25, -0.2) is 0 Å². The van der Waals surface area contributed by atoms with Crippen molar-refractivity contribution in [1.82, 2.24) is 9.88 Å². The van der Waals surface area contributed by atoms with E-state index in [0.717, 1.165) is 41.6 Å². The quantitative estimate of drug-likeness (QED) is 0.622. The molecule has 0 radical (unpaired) electrons. The largest absolute Gasteiger partial charge is 0.358 e. The molecule has 0 saturated carbocycles. The zero-order valence-corrected chi connectivity index (χ0v) is 16.9. The summed E-state index contributed by atoms with van der Waals surface area (Å²) in [5, 5.41) is 0.660. The molecule has 4 heteroatoms. The van der Waals surface area contributed by atoms with Crippen LogP contribution in [0.2, 0.25) is 0 Å². The van der Waals surface area contributed by atoms with Crippen LogP contribution >= 0.6 is 0 Å². The Bertz CT molecular complexity index is 1140. The summed E-state index contributed by atoms with van der Waals surface area (Å²) in [4.78, 5) is 30.8. The number of amides is 1. The molecule has 4 nitrogen and oxygen atoms in total. The Morgan fingerprint density at radius 1 is 1.17 bits per heavy atom. The van der Waals surface area contributed by atoms with Crippen molar-refractivity contribution >= 4 is 16.8 Å². The fraction of sp³-hybridized carbons (Fsp3) is 0.280. The van der Waals surface area contributed by atoms with E-state index in [1.807, 2.05) is 54.3 Å². The average molecular weight is 386 g/mol. The van der Waals surface area contributed by atoms with Crippen molar-refractivity contribution in [1.29, 1.82) is 0 Å². The van der Waals surface area contributed by atoms with Crippen LogP contribution in [0.5, 0.6) is 0 Å². The normalized spacial score (nSPS) is 15.9. The minimum atomic E-state index is 0.00670. The van der Waals surface area contributed by atoms with E-state index in [1.165, 1.54) is 0 Å². The number of para-hydroxylation sites is 1. The van der Waals surface area contributed by atoms with Gasteiger partial charge < -0.3 is 9.88 Å². The summed E-state index contributed by atoms with van der Waals surface area (Å²) < 4.78 is 0. The number of carbonyl (C=O) groups excluding carboxylic acids is 1. The van der Waals surface area contributed by atoms with Crippen molar-refractivity contribution in [2.45, 2.75) is 39.2 Å². The first-order chi connectivity index (χ1) is 14.1. The third kappa shape index (κ3) is 3.75. The Balaban J connectivity index is 1.71. The summed E-state index contributed by atoms with van der Waals surface area (Å²) in [5.74, 6) is 0.0582. The lowest BCUT2D eigenvalue weighted by Crippen LogP contribution is -2.36. The maximum absolute atomic E-state index is 13.2. The molecule has 0 bridgehead atoms. The van der Waals surface area contributed by atoms with Gasteiger partial charge in [-0.1, -0.05) is 56.2 Å². The predicted octanol–water partition coefficient (Wildman–Crippen LogP) is 5.07. The van der Waals surface area contributed by atoms with Crippen molar-refractivity contribution in [3.63, 3.8) is 0 Å². The molecule has 0 aliphatic carbocycles. The van der Waals surface area contributed by atoms with Crippen molar-refractivity contribution in [2.24, 2.45) is 0 Å². The van der Waals surface area contributed by atoms with Gasteiger partial charge in [0.05, 0.1) is 11.6 Å². The van der Waals surface area contributed by atoms with E-state index in [1.54, 1.807) is 6.07 Å². The molecule has 2 heterocycles. The van der Waals surface area contributed by atoms with Gasteiger partial charge in [0, 0.05) is 34.8 Å². The number of fused-ring (bicyclic) bond motifs is 1. The van der Waals surface area contributed by atoms with Crippen molar-refractivity contribution < 1.29 is 4.79 Å². The predicted molar refractivity (Wildman–Crippen MR) is 118 cm³/mol. The van der Waals surface area contributed by atoms with Crippen LogP contribution in [0.1, 0.15) is 42.2 Å². The lowest BCUT2D eigenvalue weighted by atomic mass is 9.99. The van der Waals surface area contributed by atoms with E-state index in [-0.39, 0.29) is 17.4 Å². The molecule has 0 saturated heterocycles. The number of aromatic amines is 1. The zero-order chi connectivity index (χ0) is 20.4. The zero-order valence-electron chi connectivity index (χ0n) is 16.9. The third-order valence-electron chi connectivity index (χ3n) is 5.60. The van der Waals surface area contributed by atoms with Crippen LogP contribution in [-0.4, -0.2) is 28.4 Å². The molecule has 148 valence electrons. The van der Waals surface area contributed by atoms with Crippen LogP contribution in [0.4, 0.5) is 0 Å². The Kier molecular flexibility index (Phi) is 5.34. The van der Waals surface area contributed by atoms with Gasteiger partial charge in [0.15, 0.2) is 5.43 Å². The van der Waals surface area contributed by atoms with Crippen molar-refractivity contribution in [3.05, 3.63) is 82.2 Å². The highest BCUT2D eigenvalue weighted by Gasteiger charge is 2.25. The first-order valence-corrected chi connectivity index (χ1v) is 10.3. The number of H-pyrrole nitrogens is 1. The number of nitrogens with zero attached hydrogens (tertiary/aromatic N) is 1. The minimum Gasteiger partial charge on any atom is -0.358 e. The minimum absolute atomic E-state index is 0.00670. The molecule has 0 fully saturated rings. The monoisotopic (exact) mass is 386 g/mol. The van der Waals surface area contributed by atoms with Crippen LogP contribution in [0.3, 0.4) is 0 Å². The standard InChI is InChI=1S/C25H26N2O2/c1-3-4-10-20-11-7-14-27(20)25(29)19-9-5-8-18(16-19)21-12-6-13-22-23(28)15-17(2)26-24(21)22/h5-9,11-13,15-16,20H,3-4,10,14H2,1-2H3,(H,26,28)/t20-/m0/s1. The summed E-state index contributed by atoms with van der Waals surface area (Å²) in [7, 11) is 0. The summed E-state index contributed by atoms with van der Waals surface area (Å²) in [6.45, 7) is 4.72. The van der Waals surface area contributed by atoms with Gasteiger partial charge >= 0.3 is 0 Å². The third-order valence-corrected chi connectivity index (χ3v) is 5.60. The molecule has 1 N–H and O–H groups in total. The van der Waals surface area contributed by atoms with E-state index >= 15 is 0 Å².